The topological polar surface area (TPSA) is 70.7 Å². The van der Waals surface area contributed by atoms with Crippen LogP contribution in [0.15, 0.2) is 60.2 Å². The van der Waals surface area contributed by atoms with Crippen LogP contribution >= 0.6 is 11.3 Å². The Morgan fingerprint density at radius 3 is 2.74 bits per heavy atom. The molecule has 3 aromatic heterocycles. The highest BCUT2D eigenvalue weighted by molar-refractivity contribution is 7.12. The summed E-state index contributed by atoms with van der Waals surface area (Å²) in [6.45, 7) is 0. The van der Waals surface area contributed by atoms with Crippen molar-refractivity contribution in [3.63, 3.8) is 0 Å². The number of aromatic amines is 1. The smallest absolute Gasteiger partial charge is 0.265 e. The van der Waals surface area contributed by atoms with Crippen molar-refractivity contribution in [1.29, 1.82) is 0 Å². The number of nitrogens with one attached hydrogen (secondary N) is 2. The molecular weight excluding hydrogens is 308 g/mol. The molecule has 3 heterocycles. The molecule has 0 aliphatic carbocycles. The minimum Gasteiger partial charge on any atom is -0.319 e. The summed E-state index contributed by atoms with van der Waals surface area (Å²) in [5.74, 6) is -0.118. The Balaban J connectivity index is 1.75. The number of amides is 1. The van der Waals surface area contributed by atoms with Gasteiger partial charge in [0.05, 0.1) is 16.1 Å². The minimum atomic E-state index is -0.118. The van der Waals surface area contributed by atoms with E-state index in [1.807, 2.05) is 41.8 Å². The van der Waals surface area contributed by atoms with Crippen molar-refractivity contribution in [2.45, 2.75) is 0 Å². The fourth-order valence-electron chi connectivity index (χ4n) is 2.47. The van der Waals surface area contributed by atoms with Crippen molar-refractivity contribution in [2.75, 3.05) is 5.32 Å². The first-order chi connectivity index (χ1) is 11.3. The number of para-hydroxylation sites is 1. The van der Waals surface area contributed by atoms with Crippen LogP contribution in [-0.4, -0.2) is 21.1 Å². The zero-order valence-electron chi connectivity index (χ0n) is 12.0. The van der Waals surface area contributed by atoms with Gasteiger partial charge in [0.25, 0.3) is 5.91 Å². The van der Waals surface area contributed by atoms with Crippen molar-refractivity contribution < 1.29 is 4.79 Å². The number of hydrogen-bond acceptors (Lipinski definition) is 4. The molecule has 4 aromatic rings. The summed E-state index contributed by atoms with van der Waals surface area (Å²) in [5.41, 5.74) is 3.35. The highest BCUT2D eigenvalue weighted by Gasteiger charge is 2.13. The molecule has 0 unspecified atom stereocenters. The first-order valence-electron chi connectivity index (χ1n) is 7.05. The van der Waals surface area contributed by atoms with Crippen LogP contribution in [0.4, 0.5) is 5.69 Å². The standard InChI is InChI=1S/C17H12N4OS/c22-17(14-5-2-10-23-14)19-13-4-1-3-12-15(20-21-16(12)13)11-6-8-18-9-7-11/h1-10H,(H,19,22)(H,20,21). The number of pyridine rings is 1. The molecule has 4 rings (SSSR count). The molecule has 0 radical (unpaired) electrons. The van der Waals surface area contributed by atoms with Gasteiger partial charge in [-0.3, -0.25) is 14.9 Å². The molecule has 112 valence electrons. The fraction of sp³-hybridized carbons (Fsp3) is 0. The summed E-state index contributed by atoms with van der Waals surface area (Å²) in [5, 5.41) is 13.2. The summed E-state index contributed by atoms with van der Waals surface area (Å²) < 4.78 is 0. The van der Waals surface area contributed by atoms with E-state index in [1.54, 1.807) is 18.5 Å². The molecule has 1 aromatic carbocycles. The highest BCUT2D eigenvalue weighted by Crippen LogP contribution is 2.30. The number of benzene rings is 1. The number of carbonyl (C=O) groups is 1. The molecule has 0 saturated heterocycles. The molecule has 6 heteroatoms. The summed E-state index contributed by atoms with van der Waals surface area (Å²) in [6, 6.07) is 13.2. The van der Waals surface area contributed by atoms with E-state index in [-0.39, 0.29) is 5.91 Å². The highest BCUT2D eigenvalue weighted by atomic mass is 32.1. The predicted molar refractivity (Wildman–Crippen MR) is 91.6 cm³/mol. The summed E-state index contributed by atoms with van der Waals surface area (Å²) >= 11 is 1.41. The van der Waals surface area contributed by atoms with Gasteiger partial charge < -0.3 is 5.32 Å². The zero-order chi connectivity index (χ0) is 15.6. The molecule has 1 amide bonds. The summed E-state index contributed by atoms with van der Waals surface area (Å²) in [4.78, 5) is 17.0. The first kappa shape index (κ1) is 13.7. The number of carbonyl (C=O) groups excluding carboxylic acids is 1. The first-order valence-corrected chi connectivity index (χ1v) is 7.93. The Labute approximate surface area is 136 Å². The molecule has 0 aliphatic heterocycles. The number of anilines is 1. The number of thiophene rings is 1. The lowest BCUT2D eigenvalue weighted by Crippen LogP contribution is -2.10. The molecule has 0 saturated carbocycles. The zero-order valence-corrected chi connectivity index (χ0v) is 12.8. The van der Waals surface area contributed by atoms with E-state index in [2.05, 4.69) is 20.5 Å². The number of aromatic nitrogens is 3. The van der Waals surface area contributed by atoms with Crippen molar-refractivity contribution >= 4 is 33.8 Å². The van der Waals surface area contributed by atoms with E-state index in [1.165, 1.54) is 11.3 Å². The predicted octanol–water partition coefficient (Wildman–Crippen LogP) is 3.94. The maximum absolute atomic E-state index is 12.3. The van der Waals surface area contributed by atoms with Gasteiger partial charge in [-0.25, -0.2) is 0 Å². The molecule has 0 bridgehead atoms. The minimum absolute atomic E-state index is 0.118. The van der Waals surface area contributed by atoms with Crippen LogP contribution in [0.25, 0.3) is 22.2 Å². The normalized spacial score (nSPS) is 10.8. The van der Waals surface area contributed by atoms with Crippen molar-refractivity contribution in [1.82, 2.24) is 15.2 Å². The molecule has 0 aliphatic rings. The largest absolute Gasteiger partial charge is 0.319 e. The molecule has 0 atom stereocenters. The van der Waals surface area contributed by atoms with Gasteiger partial charge in [0.15, 0.2) is 0 Å². The Kier molecular flexibility index (Phi) is 3.36. The van der Waals surface area contributed by atoms with E-state index in [9.17, 15) is 4.79 Å². The van der Waals surface area contributed by atoms with E-state index in [0.29, 0.717) is 10.6 Å². The van der Waals surface area contributed by atoms with Gasteiger partial charge in [-0.2, -0.15) is 5.10 Å². The third-order valence-corrected chi connectivity index (χ3v) is 4.41. The second kappa shape index (κ2) is 5.66. The molecule has 2 N–H and O–H groups in total. The summed E-state index contributed by atoms with van der Waals surface area (Å²) in [6.07, 6.45) is 3.47. The van der Waals surface area contributed by atoms with Gasteiger partial charge in [0, 0.05) is 23.3 Å². The lowest BCUT2D eigenvalue weighted by atomic mass is 10.1. The Morgan fingerprint density at radius 2 is 1.96 bits per heavy atom. The molecule has 23 heavy (non-hydrogen) atoms. The van der Waals surface area contributed by atoms with E-state index < -0.39 is 0 Å². The van der Waals surface area contributed by atoms with Crippen molar-refractivity contribution in [3.05, 3.63) is 65.1 Å². The van der Waals surface area contributed by atoms with Gasteiger partial charge in [-0.05, 0) is 29.6 Å². The third-order valence-electron chi connectivity index (χ3n) is 3.55. The van der Waals surface area contributed by atoms with Crippen molar-refractivity contribution in [3.8, 4) is 11.3 Å². The Bertz CT molecular complexity index is 961. The number of nitrogens with zero attached hydrogens (tertiary/aromatic N) is 2. The van der Waals surface area contributed by atoms with Crippen molar-refractivity contribution in [2.24, 2.45) is 0 Å². The fourth-order valence-corrected chi connectivity index (χ4v) is 3.09. The van der Waals surface area contributed by atoms with Crippen LogP contribution in [-0.2, 0) is 0 Å². The Hall–Kier alpha value is -2.99. The van der Waals surface area contributed by atoms with Crippen LogP contribution in [0.1, 0.15) is 9.67 Å². The van der Waals surface area contributed by atoms with Crippen LogP contribution in [0.3, 0.4) is 0 Å². The van der Waals surface area contributed by atoms with Crippen LogP contribution in [0, 0.1) is 0 Å². The monoisotopic (exact) mass is 320 g/mol. The molecule has 0 spiro atoms. The van der Waals surface area contributed by atoms with Crippen LogP contribution in [0.5, 0.6) is 0 Å². The van der Waals surface area contributed by atoms with Gasteiger partial charge in [-0.1, -0.05) is 18.2 Å². The second-order valence-corrected chi connectivity index (χ2v) is 5.92. The van der Waals surface area contributed by atoms with Crippen LogP contribution < -0.4 is 5.32 Å². The van der Waals surface area contributed by atoms with E-state index >= 15 is 0 Å². The van der Waals surface area contributed by atoms with Gasteiger partial charge in [0.2, 0.25) is 0 Å². The quantitative estimate of drug-likeness (QED) is 0.600. The van der Waals surface area contributed by atoms with Gasteiger partial charge in [-0.15, -0.1) is 11.3 Å². The average molecular weight is 320 g/mol. The SMILES string of the molecule is O=C(Nc1cccc2c(-c3ccncc3)n[nH]c12)c1cccs1. The number of rotatable bonds is 3. The van der Waals surface area contributed by atoms with E-state index in [4.69, 9.17) is 0 Å². The number of hydrogen-bond donors (Lipinski definition) is 2. The Morgan fingerprint density at radius 1 is 1.09 bits per heavy atom. The molecule has 5 nitrogen and oxygen atoms in total. The number of H-pyrrole nitrogens is 1. The van der Waals surface area contributed by atoms with Crippen LogP contribution in [0.2, 0.25) is 0 Å². The molecule has 0 fully saturated rings. The van der Waals surface area contributed by atoms with Gasteiger partial charge >= 0.3 is 0 Å². The van der Waals surface area contributed by atoms with Gasteiger partial charge in [0.1, 0.15) is 5.69 Å². The maximum atomic E-state index is 12.3. The third kappa shape index (κ3) is 2.49. The maximum Gasteiger partial charge on any atom is 0.265 e. The lowest BCUT2D eigenvalue weighted by Gasteiger charge is -2.05. The average Bonchev–Trinajstić information content (AvgIpc) is 3.26. The number of fused-ring (bicyclic) bond motifs is 1. The summed E-state index contributed by atoms with van der Waals surface area (Å²) in [7, 11) is 0. The lowest BCUT2D eigenvalue weighted by molar-refractivity contribution is 0.103. The molecular formula is C17H12N4OS. The second-order valence-electron chi connectivity index (χ2n) is 4.97. The van der Waals surface area contributed by atoms with E-state index in [0.717, 1.165) is 22.2 Å².